The molecule has 32 heavy (non-hydrogen) atoms. The molecular weight excluding hydrogens is 410 g/mol. The molecule has 2 heterocycles. The number of aromatic carboxylic acids is 1. The van der Waals surface area contributed by atoms with Crippen LogP contribution in [-0.4, -0.2) is 64.9 Å². The Morgan fingerprint density at radius 3 is 2.28 bits per heavy atom. The van der Waals surface area contributed by atoms with Gasteiger partial charge in [0.25, 0.3) is 0 Å². The molecular formula is C24H31N3O5. The highest BCUT2D eigenvalue weighted by Gasteiger charge is 2.40. The van der Waals surface area contributed by atoms with Gasteiger partial charge in [-0.3, -0.25) is 0 Å². The summed E-state index contributed by atoms with van der Waals surface area (Å²) in [7, 11) is 1.51. The van der Waals surface area contributed by atoms with Crippen LogP contribution in [-0.2, 0) is 4.74 Å². The number of anilines is 1. The summed E-state index contributed by atoms with van der Waals surface area (Å²) < 4.78 is 10.9. The maximum absolute atomic E-state index is 12.8. The van der Waals surface area contributed by atoms with Crippen molar-refractivity contribution in [3.8, 4) is 5.88 Å². The van der Waals surface area contributed by atoms with E-state index >= 15 is 0 Å². The Morgan fingerprint density at radius 2 is 1.72 bits per heavy atom. The number of carboxylic acid groups (broad SMARTS) is 1. The summed E-state index contributed by atoms with van der Waals surface area (Å²) in [4.78, 5) is 33.2. The monoisotopic (exact) mass is 441 g/mol. The van der Waals surface area contributed by atoms with E-state index in [4.69, 9.17) is 9.47 Å². The maximum atomic E-state index is 12.8. The average Bonchev–Trinajstić information content (AvgIpc) is 3.56. The number of ether oxygens (including phenoxy) is 2. The fraction of sp³-hybridized carbons (Fsp3) is 0.542. The highest BCUT2D eigenvalue weighted by Crippen LogP contribution is 2.36. The second-order valence-corrected chi connectivity index (χ2v) is 9.52. The molecule has 1 saturated carbocycles. The molecule has 4 rings (SSSR count). The van der Waals surface area contributed by atoms with Crippen molar-refractivity contribution in [2.24, 2.45) is 0 Å². The number of carbonyl (C=O) groups is 2. The van der Waals surface area contributed by atoms with Gasteiger partial charge >= 0.3 is 12.1 Å². The van der Waals surface area contributed by atoms with Crippen molar-refractivity contribution in [3.63, 3.8) is 0 Å². The summed E-state index contributed by atoms with van der Waals surface area (Å²) >= 11 is 0. The van der Waals surface area contributed by atoms with E-state index in [0.717, 1.165) is 49.8 Å². The molecule has 0 radical (unpaired) electrons. The first-order chi connectivity index (χ1) is 15.2. The van der Waals surface area contributed by atoms with Gasteiger partial charge < -0.3 is 24.4 Å². The Hall–Kier alpha value is -3.03. The van der Waals surface area contributed by atoms with Crippen molar-refractivity contribution in [2.75, 3.05) is 25.1 Å². The van der Waals surface area contributed by atoms with Crippen LogP contribution in [0.2, 0.25) is 0 Å². The zero-order chi connectivity index (χ0) is 23.0. The molecule has 2 fully saturated rings. The molecule has 0 bridgehead atoms. The minimum Gasteiger partial charge on any atom is -0.481 e. The number of benzene rings is 1. The van der Waals surface area contributed by atoms with Gasteiger partial charge in [-0.15, -0.1) is 0 Å². The van der Waals surface area contributed by atoms with Crippen LogP contribution in [0.4, 0.5) is 10.5 Å². The van der Waals surface area contributed by atoms with E-state index in [0.29, 0.717) is 11.4 Å². The largest absolute Gasteiger partial charge is 0.481 e. The number of carbonyl (C=O) groups excluding carboxylic acids is 1. The van der Waals surface area contributed by atoms with Crippen LogP contribution in [0.1, 0.15) is 56.8 Å². The van der Waals surface area contributed by atoms with Crippen LogP contribution in [0.15, 0.2) is 24.3 Å². The van der Waals surface area contributed by atoms with Crippen LogP contribution in [0.5, 0.6) is 5.88 Å². The number of nitrogens with zero attached hydrogens (tertiary/aromatic N) is 3. The Labute approximate surface area is 188 Å². The van der Waals surface area contributed by atoms with E-state index in [1.165, 1.54) is 7.11 Å². The second kappa shape index (κ2) is 8.48. The molecule has 1 aromatic carbocycles. The summed E-state index contributed by atoms with van der Waals surface area (Å²) in [6.07, 6.45) is 3.52. The van der Waals surface area contributed by atoms with Gasteiger partial charge in [-0.2, -0.15) is 0 Å². The maximum Gasteiger partial charge on any atom is 0.410 e. The number of fused-ring (bicyclic) bond motifs is 1. The van der Waals surface area contributed by atoms with Crippen LogP contribution < -0.4 is 9.64 Å². The Morgan fingerprint density at radius 1 is 1.06 bits per heavy atom. The lowest BCUT2D eigenvalue weighted by molar-refractivity contribution is 0.0113. The topological polar surface area (TPSA) is 92.2 Å². The van der Waals surface area contributed by atoms with Gasteiger partial charge in [0.2, 0.25) is 5.88 Å². The van der Waals surface area contributed by atoms with Gasteiger partial charge in [-0.05, 0) is 64.7 Å². The highest BCUT2D eigenvalue weighted by molar-refractivity contribution is 6.06. The predicted octanol–water partition coefficient (Wildman–Crippen LogP) is 4.31. The Balaban J connectivity index is 1.55. The number of amides is 1. The Kier molecular flexibility index (Phi) is 5.88. The number of rotatable bonds is 5. The summed E-state index contributed by atoms with van der Waals surface area (Å²) in [6, 6.07) is 7.51. The van der Waals surface area contributed by atoms with Crippen molar-refractivity contribution in [1.82, 2.24) is 9.88 Å². The summed E-state index contributed by atoms with van der Waals surface area (Å²) in [5.41, 5.74) is 1.02. The van der Waals surface area contributed by atoms with Gasteiger partial charge in [0, 0.05) is 42.3 Å². The molecule has 1 aliphatic carbocycles. The fourth-order valence-corrected chi connectivity index (χ4v) is 4.39. The smallest absolute Gasteiger partial charge is 0.410 e. The third kappa shape index (κ3) is 4.59. The lowest BCUT2D eigenvalue weighted by Gasteiger charge is -2.40. The SMILES string of the molecule is COc1ccc2c(N3CCC(N(C(=O)OC(C)(C)C)C4CC4)CC3)ccc(C(=O)O)c2n1. The molecule has 0 atom stereocenters. The van der Waals surface area contributed by atoms with E-state index in [2.05, 4.69) is 9.88 Å². The van der Waals surface area contributed by atoms with Crippen molar-refractivity contribution in [3.05, 3.63) is 29.8 Å². The van der Waals surface area contributed by atoms with E-state index in [1.54, 1.807) is 12.1 Å². The van der Waals surface area contributed by atoms with Crippen molar-refractivity contribution in [2.45, 2.75) is 64.1 Å². The first-order valence-corrected chi connectivity index (χ1v) is 11.2. The summed E-state index contributed by atoms with van der Waals surface area (Å²) in [6.45, 7) is 7.23. The molecule has 8 nitrogen and oxygen atoms in total. The summed E-state index contributed by atoms with van der Waals surface area (Å²) in [5, 5.41) is 10.4. The quantitative estimate of drug-likeness (QED) is 0.739. The van der Waals surface area contributed by atoms with Gasteiger partial charge in [0.1, 0.15) is 5.60 Å². The van der Waals surface area contributed by atoms with Gasteiger partial charge in [0.05, 0.1) is 18.2 Å². The molecule has 1 N–H and O–H groups in total. The number of carboxylic acids is 1. The summed E-state index contributed by atoms with van der Waals surface area (Å²) in [5.74, 6) is -0.633. The van der Waals surface area contributed by atoms with E-state index < -0.39 is 11.6 Å². The fourth-order valence-electron chi connectivity index (χ4n) is 4.39. The molecule has 1 saturated heterocycles. The molecule has 1 aliphatic heterocycles. The number of hydrogen-bond acceptors (Lipinski definition) is 6. The molecule has 8 heteroatoms. The predicted molar refractivity (Wildman–Crippen MR) is 122 cm³/mol. The number of pyridine rings is 1. The molecule has 2 aliphatic rings. The van der Waals surface area contributed by atoms with Gasteiger partial charge in [-0.25, -0.2) is 14.6 Å². The van der Waals surface area contributed by atoms with E-state index in [1.807, 2.05) is 37.8 Å². The van der Waals surface area contributed by atoms with Gasteiger partial charge in [-0.1, -0.05) is 0 Å². The molecule has 0 spiro atoms. The third-order valence-electron chi connectivity index (χ3n) is 5.99. The minimum absolute atomic E-state index is 0.149. The first kappa shape index (κ1) is 22.2. The van der Waals surface area contributed by atoms with E-state index in [-0.39, 0.29) is 23.7 Å². The number of hydrogen-bond donors (Lipinski definition) is 1. The second-order valence-electron chi connectivity index (χ2n) is 9.52. The van der Waals surface area contributed by atoms with Crippen LogP contribution in [0, 0.1) is 0 Å². The van der Waals surface area contributed by atoms with Crippen LogP contribution >= 0.6 is 0 Å². The average molecular weight is 442 g/mol. The number of methoxy groups -OCH3 is 1. The van der Waals surface area contributed by atoms with Crippen molar-refractivity contribution >= 4 is 28.7 Å². The highest BCUT2D eigenvalue weighted by atomic mass is 16.6. The minimum atomic E-state index is -1.02. The number of aromatic nitrogens is 1. The van der Waals surface area contributed by atoms with E-state index in [9.17, 15) is 14.7 Å². The number of piperidine rings is 1. The normalized spacial score (nSPS) is 17.3. The molecule has 2 aromatic rings. The first-order valence-electron chi connectivity index (χ1n) is 11.2. The molecule has 0 unspecified atom stereocenters. The molecule has 1 aromatic heterocycles. The Bertz CT molecular complexity index is 1020. The lowest BCUT2D eigenvalue weighted by atomic mass is 10.0. The van der Waals surface area contributed by atoms with Crippen molar-refractivity contribution < 1.29 is 24.2 Å². The van der Waals surface area contributed by atoms with Crippen LogP contribution in [0.3, 0.4) is 0 Å². The zero-order valence-electron chi connectivity index (χ0n) is 19.1. The third-order valence-corrected chi connectivity index (χ3v) is 5.99. The van der Waals surface area contributed by atoms with Crippen LogP contribution in [0.25, 0.3) is 10.9 Å². The molecule has 1 amide bonds. The lowest BCUT2D eigenvalue weighted by Crippen LogP contribution is -2.50. The molecule has 172 valence electrons. The zero-order valence-corrected chi connectivity index (χ0v) is 19.1. The van der Waals surface area contributed by atoms with Crippen molar-refractivity contribution in [1.29, 1.82) is 0 Å². The van der Waals surface area contributed by atoms with Gasteiger partial charge in [0.15, 0.2) is 0 Å². The standard InChI is InChI=1S/C24H31N3O5/c1-24(2,3)32-23(30)27(15-5-6-15)16-11-13-26(14-12-16)19-9-7-18(22(28)29)21-17(19)8-10-20(25-21)31-4/h7-10,15-16H,5-6,11-14H2,1-4H3,(H,28,29).